The molecule has 24 heavy (non-hydrogen) atoms. The molecule has 8 heteroatoms. The zero-order valence-electron chi connectivity index (χ0n) is 13.7. The van der Waals surface area contributed by atoms with Gasteiger partial charge in [-0.25, -0.2) is 0 Å². The number of thioether (sulfide) groups is 1. The Kier molecular flexibility index (Phi) is 8.58. The van der Waals surface area contributed by atoms with Crippen molar-refractivity contribution in [3.05, 3.63) is 35.9 Å². The van der Waals surface area contributed by atoms with Gasteiger partial charge in [0.1, 0.15) is 0 Å². The average molecular weight is 367 g/mol. The number of benzene rings is 1. The molecule has 0 spiro atoms. The van der Waals surface area contributed by atoms with Crippen LogP contribution in [0.3, 0.4) is 0 Å². The second-order valence-corrected chi connectivity index (χ2v) is 7.22. The van der Waals surface area contributed by atoms with Gasteiger partial charge in [0.05, 0.1) is 12.4 Å². The summed E-state index contributed by atoms with van der Waals surface area (Å²) in [6, 6.07) is 10.3. The number of anilines is 1. The maximum absolute atomic E-state index is 11.8. The maximum Gasteiger partial charge on any atom is 0.230 e. The number of hydrogen-bond donors (Lipinski definition) is 2. The van der Waals surface area contributed by atoms with Crippen LogP contribution in [-0.4, -0.2) is 48.7 Å². The molecule has 1 amide bonds. The first kappa shape index (κ1) is 18.7. The van der Waals surface area contributed by atoms with Crippen molar-refractivity contribution in [3.63, 3.8) is 0 Å². The second-order valence-electron chi connectivity index (χ2n) is 5.02. The van der Waals surface area contributed by atoms with Gasteiger partial charge in [-0.3, -0.25) is 4.79 Å². The molecule has 0 saturated heterocycles. The summed E-state index contributed by atoms with van der Waals surface area (Å²) in [7, 11) is 1.65. The molecule has 0 fully saturated rings. The minimum absolute atomic E-state index is 0.0251. The van der Waals surface area contributed by atoms with Gasteiger partial charge in [-0.1, -0.05) is 53.4 Å². The van der Waals surface area contributed by atoms with Crippen molar-refractivity contribution in [3.8, 4) is 0 Å². The Hall–Kier alpha value is -1.64. The van der Waals surface area contributed by atoms with Gasteiger partial charge in [0.15, 0.2) is 4.34 Å². The summed E-state index contributed by atoms with van der Waals surface area (Å²) in [6.07, 6.45) is 1.91. The third-order valence-electron chi connectivity index (χ3n) is 3.12. The SMILES string of the molecule is COCCNc1nnc(SCC(=O)NCCCc2ccccc2)s1. The number of nitrogens with one attached hydrogen (secondary N) is 2. The highest BCUT2D eigenvalue weighted by molar-refractivity contribution is 8.01. The van der Waals surface area contributed by atoms with E-state index in [1.165, 1.54) is 28.7 Å². The van der Waals surface area contributed by atoms with Crippen LogP contribution >= 0.6 is 23.1 Å². The van der Waals surface area contributed by atoms with Crippen LogP contribution in [0.4, 0.5) is 5.13 Å². The van der Waals surface area contributed by atoms with Crippen LogP contribution in [-0.2, 0) is 16.0 Å². The Labute approximate surface area is 150 Å². The minimum Gasteiger partial charge on any atom is -0.383 e. The molecule has 1 heterocycles. The summed E-state index contributed by atoms with van der Waals surface area (Å²) < 4.78 is 5.75. The molecule has 0 aliphatic heterocycles. The van der Waals surface area contributed by atoms with E-state index in [4.69, 9.17) is 4.74 Å². The number of rotatable bonds is 11. The highest BCUT2D eigenvalue weighted by atomic mass is 32.2. The standard InChI is InChI=1S/C16H22N4O2S2/c1-22-11-10-18-15-19-20-16(24-15)23-12-14(21)17-9-5-8-13-6-3-2-4-7-13/h2-4,6-7H,5,8-12H2,1H3,(H,17,21)(H,18,19). The highest BCUT2D eigenvalue weighted by Crippen LogP contribution is 2.24. The lowest BCUT2D eigenvalue weighted by molar-refractivity contribution is -0.118. The number of hydrogen-bond acceptors (Lipinski definition) is 7. The highest BCUT2D eigenvalue weighted by Gasteiger charge is 2.07. The third-order valence-corrected chi connectivity index (χ3v) is 5.14. The molecule has 0 bridgehead atoms. The first-order valence-electron chi connectivity index (χ1n) is 7.77. The van der Waals surface area contributed by atoms with Crippen molar-refractivity contribution < 1.29 is 9.53 Å². The monoisotopic (exact) mass is 366 g/mol. The largest absolute Gasteiger partial charge is 0.383 e. The molecule has 2 rings (SSSR count). The molecule has 1 aromatic heterocycles. The second kappa shape index (κ2) is 11.0. The number of amides is 1. The molecule has 0 radical (unpaired) electrons. The van der Waals surface area contributed by atoms with Gasteiger partial charge < -0.3 is 15.4 Å². The molecular weight excluding hydrogens is 344 g/mol. The van der Waals surface area contributed by atoms with E-state index in [-0.39, 0.29) is 5.91 Å². The van der Waals surface area contributed by atoms with Crippen LogP contribution < -0.4 is 10.6 Å². The van der Waals surface area contributed by atoms with Gasteiger partial charge in [0.2, 0.25) is 11.0 Å². The molecule has 0 aliphatic rings. The Morgan fingerprint density at radius 3 is 2.88 bits per heavy atom. The minimum atomic E-state index is 0.0251. The van der Waals surface area contributed by atoms with Crippen LogP contribution in [0.2, 0.25) is 0 Å². The molecule has 0 saturated carbocycles. The maximum atomic E-state index is 11.8. The van der Waals surface area contributed by atoms with Crippen molar-refractivity contribution in [2.24, 2.45) is 0 Å². The zero-order valence-corrected chi connectivity index (χ0v) is 15.3. The first-order valence-corrected chi connectivity index (χ1v) is 9.58. The topological polar surface area (TPSA) is 76.1 Å². The number of carbonyl (C=O) groups excluding carboxylic acids is 1. The summed E-state index contributed by atoms with van der Waals surface area (Å²) in [6.45, 7) is 2.00. The van der Waals surface area contributed by atoms with E-state index in [2.05, 4.69) is 33.0 Å². The van der Waals surface area contributed by atoms with E-state index in [9.17, 15) is 4.79 Å². The van der Waals surface area contributed by atoms with Crippen molar-refractivity contribution in [1.82, 2.24) is 15.5 Å². The van der Waals surface area contributed by atoms with Gasteiger partial charge in [-0.15, -0.1) is 10.2 Å². The summed E-state index contributed by atoms with van der Waals surface area (Å²) in [4.78, 5) is 11.8. The number of nitrogens with zero attached hydrogens (tertiary/aromatic N) is 2. The van der Waals surface area contributed by atoms with E-state index >= 15 is 0 Å². The van der Waals surface area contributed by atoms with Gasteiger partial charge in [-0.05, 0) is 18.4 Å². The van der Waals surface area contributed by atoms with Crippen LogP contribution in [0, 0.1) is 0 Å². The fourth-order valence-corrected chi connectivity index (χ4v) is 3.55. The number of carbonyl (C=O) groups is 1. The molecule has 130 valence electrons. The molecular formula is C16H22N4O2S2. The van der Waals surface area contributed by atoms with Gasteiger partial charge in [0.25, 0.3) is 0 Å². The number of ether oxygens (including phenoxy) is 1. The van der Waals surface area contributed by atoms with Gasteiger partial charge >= 0.3 is 0 Å². The first-order chi connectivity index (χ1) is 11.8. The van der Waals surface area contributed by atoms with E-state index < -0.39 is 0 Å². The molecule has 2 N–H and O–H groups in total. The predicted molar refractivity (Wildman–Crippen MR) is 98.8 cm³/mol. The van der Waals surface area contributed by atoms with Crippen molar-refractivity contribution >= 4 is 34.1 Å². The summed E-state index contributed by atoms with van der Waals surface area (Å²) in [5, 5.41) is 14.9. The van der Waals surface area contributed by atoms with E-state index in [1.807, 2.05) is 18.2 Å². The lowest BCUT2D eigenvalue weighted by atomic mass is 10.1. The quantitative estimate of drug-likeness (QED) is 0.470. The van der Waals surface area contributed by atoms with Crippen LogP contribution in [0.1, 0.15) is 12.0 Å². The smallest absolute Gasteiger partial charge is 0.230 e. The molecule has 6 nitrogen and oxygen atoms in total. The zero-order chi connectivity index (χ0) is 17.0. The summed E-state index contributed by atoms with van der Waals surface area (Å²) in [5.41, 5.74) is 1.29. The fourth-order valence-electron chi connectivity index (χ4n) is 1.94. The summed E-state index contributed by atoms with van der Waals surface area (Å²) in [5.74, 6) is 0.384. The van der Waals surface area contributed by atoms with Crippen LogP contribution in [0.25, 0.3) is 0 Å². The number of methoxy groups -OCH3 is 1. The average Bonchev–Trinajstić information content (AvgIpc) is 3.06. The number of aromatic nitrogens is 2. The molecule has 0 aliphatic carbocycles. The van der Waals surface area contributed by atoms with Crippen LogP contribution in [0.5, 0.6) is 0 Å². The normalized spacial score (nSPS) is 10.5. The van der Waals surface area contributed by atoms with Crippen molar-refractivity contribution in [1.29, 1.82) is 0 Å². The van der Waals surface area contributed by atoms with Gasteiger partial charge in [-0.2, -0.15) is 0 Å². The lowest BCUT2D eigenvalue weighted by Crippen LogP contribution is -2.26. The number of aryl methyl sites for hydroxylation is 1. The predicted octanol–water partition coefficient (Wildman–Crippen LogP) is 2.44. The van der Waals surface area contributed by atoms with Crippen LogP contribution in [0.15, 0.2) is 34.7 Å². The molecule has 1 aromatic carbocycles. The Morgan fingerprint density at radius 1 is 1.25 bits per heavy atom. The lowest BCUT2D eigenvalue weighted by Gasteiger charge is -2.04. The van der Waals surface area contributed by atoms with Gasteiger partial charge in [0, 0.05) is 20.2 Å². The van der Waals surface area contributed by atoms with E-state index in [1.54, 1.807) is 7.11 Å². The molecule has 0 atom stereocenters. The Bertz CT molecular complexity index is 607. The van der Waals surface area contributed by atoms with Crippen molar-refractivity contribution in [2.45, 2.75) is 17.2 Å². The van der Waals surface area contributed by atoms with Crippen molar-refractivity contribution in [2.75, 3.05) is 37.9 Å². The third kappa shape index (κ3) is 7.29. The molecule has 2 aromatic rings. The van der Waals surface area contributed by atoms with E-state index in [0.29, 0.717) is 25.4 Å². The Balaban J connectivity index is 1.57. The Morgan fingerprint density at radius 2 is 2.08 bits per heavy atom. The fraction of sp³-hybridized carbons (Fsp3) is 0.438. The summed E-state index contributed by atoms with van der Waals surface area (Å²) >= 11 is 2.85. The van der Waals surface area contributed by atoms with E-state index in [0.717, 1.165) is 22.3 Å². The molecule has 0 unspecified atom stereocenters.